The third kappa shape index (κ3) is 2.59. The Bertz CT molecular complexity index is 828. The van der Waals surface area contributed by atoms with Gasteiger partial charge in [-0.25, -0.2) is 14.4 Å². The monoisotopic (exact) mass is 300 g/mol. The van der Waals surface area contributed by atoms with Crippen LogP contribution in [0, 0.1) is 19.7 Å². The van der Waals surface area contributed by atoms with Crippen molar-refractivity contribution < 1.29 is 9.13 Å². The summed E-state index contributed by atoms with van der Waals surface area (Å²) >= 11 is 0. The maximum absolute atomic E-state index is 13.8. The largest absolute Gasteiger partial charge is 0.481 e. The minimum Gasteiger partial charge on any atom is -0.481 e. The van der Waals surface area contributed by atoms with Crippen molar-refractivity contribution in [2.45, 2.75) is 20.4 Å². The lowest BCUT2D eigenvalue weighted by molar-refractivity contribution is 0.397. The van der Waals surface area contributed by atoms with E-state index in [1.54, 1.807) is 19.2 Å². The van der Waals surface area contributed by atoms with Gasteiger partial charge < -0.3 is 15.0 Å². The second-order valence-electron chi connectivity index (χ2n) is 5.16. The molecule has 0 unspecified atom stereocenters. The molecule has 2 heterocycles. The number of hydrogen-bond donors (Lipinski definition) is 2. The lowest BCUT2D eigenvalue weighted by atomic mass is 10.1. The van der Waals surface area contributed by atoms with Crippen LogP contribution in [0.25, 0.3) is 10.9 Å². The predicted molar refractivity (Wildman–Crippen MR) is 83.6 cm³/mol. The van der Waals surface area contributed by atoms with Crippen molar-refractivity contribution in [3.63, 3.8) is 0 Å². The van der Waals surface area contributed by atoms with Crippen LogP contribution >= 0.6 is 0 Å². The molecule has 0 aliphatic heterocycles. The van der Waals surface area contributed by atoms with Crippen molar-refractivity contribution >= 4 is 16.7 Å². The Balaban J connectivity index is 1.91. The first-order chi connectivity index (χ1) is 10.6. The van der Waals surface area contributed by atoms with Crippen LogP contribution in [-0.4, -0.2) is 22.1 Å². The number of benzene rings is 1. The predicted octanol–water partition coefficient (Wildman–Crippen LogP) is 3.33. The molecule has 0 saturated heterocycles. The lowest BCUT2D eigenvalue weighted by Crippen LogP contribution is -2.03. The first-order valence-electron chi connectivity index (χ1n) is 6.95. The van der Waals surface area contributed by atoms with Crippen LogP contribution in [0.4, 0.5) is 10.2 Å². The number of aromatic amines is 1. The summed E-state index contributed by atoms with van der Waals surface area (Å²) in [4.78, 5) is 11.4. The number of anilines is 1. The Morgan fingerprint density at radius 2 is 2.05 bits per heavy atom. The highest BCUT2D eigenvalue weighted by Gasteiger charge is 2.11. The molecule has 5 nitrogen and oxygen atoms in total. The van der Waals surface area contributed by atoms with E-state index in [1.165, 1.54) is 12.4 Å². The van der Waals surface area contributed by atoms with E-state index >= 15 is 0 Å². The van der Waals surface area contributed by atoms with Gasteiger partial charge in [-0.3, -0.25) is 0 Å². The molecule has 0 saturated carbocycles. The second-order valence-corrected chi connectivity index (χ2v) is 5.16. The van der Waals surface area contributed by atoms with Gasteiger partial charge >= 0.3 is 0 Å². The second kappa shape index (κ2) is 5.63. The highest BCUT2D eigenvalue weighted by molar-refractivity contribution is 5.87. The molecule has 3 aromatic rings. The molecule has 0 amide bonds. The van der Waals surface area contributed by atoms with Crippen molar-refractivity contribution in [3.8, 4) is 5.88 Å². The Morgan fingerprint density at radius 3 is 2.82 bits per heavy atom. The van der Waals surface area contributed by atoms with Crippen LogP contribution in [0.1, 0.15) is 16.8 Å². The quantitative estimate of drug-likeness (QED) is 0.775. The number of nitrogens with zero attached hydrogens (tertiary/aromatic N) is 2. The molecule has 0 fully saturated rings. The van der Waals surface area contributed by atoms with Gasteiger partial charge in [-0.2, -0.15) is 0 Å². The van der Waals surface area contributed by atoms with Crippen molar-refractivity contribution in [1.82, 2.24) is 15.0 Å². The Kier molecular flexibility index (Phi) is 3.66. The zero-order valence-corrected chi connectivity index (χ0v) is 12.7. The number of hydrogen-bond acceptors (Lipinski definition) is 4. The van der Waals surface area contributed by atoms with Gasteiger partial charge in [-0.1, -0.05) is 0 Å². The molecule has 0 bridgehead atoms. The maximum Gasteiger partial charge on any atom is 0.218 e. The molecule has 0 spiro atoms. The van der Waals surface area contributed by atoms with Crippen LogP contribution in [0.2, 0.25) is 0 Å². The standard InChI is InChI=1S/C16H17FN4O/c1-9-10(2)21-16-11(4-12(17)5-13(9)16)7-18-14-6-15(22-3)20-8-19-14/h4-6,8,21H,7H2,1-3H3,(H,18,19,20). The van der Waals surface area contributed by atoms with Gasteiger partial charge in [-0.05, 0) is 37.1 Å². The van der Waals surface area contributed by atoms with Gasteiger partial charge in [-0.15, -0.1) is 0 Å². The van der Waals surface area contributed by atoms with E-state index in [1.807, 2.05) is 13.8 Å². The molecule has 3 rings (SSSR count). The van der Waals surface area contributed by atoms with E-state index in [2.05, 4.69) is 20.3 Å². The summed E-state index contributed by atoms with van der Waals surface area (Å²) in [5.41, 5.74) is 3.92. The molecular weight excluding hydrogens is 283 g/mol. The summed E-state index contributed by atoms with van der Waals surface area (Å²) in [5.74, 6) is 0.865. The van der Waals surface area contributed by atoms with Gasteiger partial charge in [0.2, 0.25) is 5.88 Å². The minimum atomic E-state index is -0.244. The van der Waals surface area contributed by atoms with E-state index < -0.39 is 0 Å². The number of aryl methyl sites for hydroxylation is 2. The van der Waals surface area contributed by atoms with Crippen molar-refractivity contribution in [3.05, 3.63) is 47.2 Å². The zero-order valence-electron chi connectivity index (χ0n) is 12.7. The molecular formula is C16H17FN4O. The highest BCUT2D eigenvalue weighted by atomic mass is 19.1. The number of ether oxygens (including phenoxy) is 1. The zero-order chi connectivity index (χ0) is 15.7. The van der Waals surface area contributed by atoms with Gasteiger partial charge in [0.15, 0.2) is 0 Å². The molecule has 6 heteroatoms. The summed E-state index contributed by atoms with van der Waals surface area (Å²) in [6, 6.07) is 4.79. The SMILES string of the molecule is COc1cc(NCc2cc(F)cc3c(C)c(C)[nH]c23)ncn1. The van der Waals surface area contributed by atoms with Gasteiger partial charge in [0.25, 0.3) is 0 Å². The van der Waals surface area contributed by atoms with Crippen LogP contribution in [0.5, 0.6) is 5.88 Å². The number of methoxy groups -OCH3 is 1. The summed E-state index contributed by atoms with van der Waals surface area (Å²) in [7, 11) is 1.55. The van der Waals surface area contributed by atoms with Crippen molar-refractivity contribution in [1.29, 1.82) is 0 Å². The number of nitrogens with one attached hydrogen (secondary N) is 2. The molecule has 114 valence electrons. The third-order valence-corrected chi connectivity index (χ3v) is 3.77. The number of aromatic nitrogens is 3. The molecule has 0 aliphatic carbocycles. The summed E-state index contributed by atoms with van der Waals surface area (Å²) in [6.45, 7) is 4.42. The third-order valence-electron chi connectivity index (χ3n) is 3.77. The fraction of sp³-hybridized carbons (Fsp3) is 0.250. The topological polar surface area (TPSA) is 62.8 Å². The van der Waals surface area contributed by atoms with E-state index in [4.69, 9.17) is 4.74 Å². The molecule has 0 aliphatic rings. The Morgan fingerprint density at radius 1 is 1.23 bits per heavy atom. The van der Waals surface area contributed by atoms with Crippen molar-refractivity contribution in [2.24, 2.45) is 0 Å². The van der Waals surface area contributed by atoms with Gasteiger partial charge in [0.1, 0.15) is 18.0 Å². The average molecular weight is 300 g/mol. The van der Waals surface area contributed by atoms with Crippen LogP contribution in [-0.2, 0) is 6.54 Å². The fourth-order valence-electron chi connectivity index (χ4n) is 2.46. The number of rotatable bonds is 4. The highest BCUT2D eigenvalue weighted by Crippen LogP contribution is 2.26. The molecule has 0 radical (unpaired) electrons. The lowest BCUT2D eigenvalue weighted by Gasteiger charge is -2.08. The molecule has 22 heavy (non-hydrogen) atoms. The smallest absolute Gasteiger partial charge is 0.218 e. The van der Waals surface area contributed by atoms with Gasteiger partial charge in [0.05, 0.1) is 12.6 Å². The van der Waals surface area contributed by atoms with Crippen LogP contribution < -0.4 is 10.1 Å². The average Bonchev–Trinajstić information content (AvgIpc) is 2.81. The molecule has 0 atom stereocenters. The maximum atomic E-state index is 13.8. The van der Waals surface area contributed by atoms with Crippen LogP contribution in [0.15, 0.2) is 24.5 Å². The van der Waals surface area contributed by atoms with Crippen LogP contribution in [0.3, 0.4) is 0 Å². The summed E-state index contributed by atoms with van der Waals surface area (Å²) in [5, 5.41) is 4.08. The normalized spacial score (nSPS) is 10.9. The first-order valence-corrected chi connectivity index (χ1v) is 6.95. The van der Waals surface area contributed by atoms with E-state index in [0.717, 1.165) is 27.7 Å². The minimum absolute atomic E-state index is 0.244. The number of fused-ring (bicyclic) bond motifs is 1. The Labute approximate surface area is 127 Å². The summed E-state index contributed by atoms with van der Waals surface area (Å²) in [6.07, 6.45) is 1.42. The molecule has 2 N–H and O–H groups in total. The number of halogens is 1. The Hall–Kier alpha value is -2.63. The van der Waals surface area contributed by atoms with Crippen molar-refractivity contribution in [2.75, 3.05) is 12.4 Å². The molecule has 1 aromatic carbocycles. The number of H-pyrrole nitrogens is 1. The van der Waals surface area contributed by atoms with E-state index in [9.17, 15) is 4.39 Å². The summed E-state index contributed by atoms with van der Waals surface area (Å²) < 4.78 is 18.9. The fourth-order valence-corrected chi connectivity index (χ4v) is 2.46. The molecule has 2 aromatic heterocycles. The van der Waals surface area contributed by atoms with E-state index in [-0.39, 0.29) is 5.82 Å². The van der Waals surface area contributed by atoms with Gasteiger partial charge in [0, 0.05) is 23.7 Å². The first kappa shape index (κ1) is 14.3. The van der Waals surface area contributed by atoms with E-state index in [0.29, 0.717) is 18.2 Å².